The standard InChI is InChI=1S/C30H40N4O7/c1-30(2,3)25-27(35)34-16-19(15-23(34)28(36)39-5)40-26-21(31-20-12-11-18(38-4)14-22(20)32-26)10-8-6-7-9-17-13-24(17)41-29(37)33-25/h11-12,14,17,19,23-25H,6-10,13,15-16H2,1-5H3,(H,33,37)/t17-,19+,23-,24-,25+/m0/s1. The first-order valence-corrected chi connectivity index (χ1v) is 14.4. The van der Waals surface area contributed by atoms with E-state index in [4.69, 9.17) is 28.9 Å². The first-order chi connectivity index (χ1) is 19.6. The first-order valence-electron chi connectivity index (χ1n) is 14.4. The van der Waals surface area contributed by atoms with Crippen molar-refractivity contribution in [2.24, 2.45) is 11.3 Å². The van der Waals surface area contributed by atoms with Crippen LogP contribution in [-0.4, -0.2) is 77.9 Å². The summed E-state index contributed by atoms with van der Waals surface area (Å²) in [6, 6.07) is 3.76. The van der Waals surface area contributed by atoms with Gasteiger partial charge in [0.25, 0.3) is 0 Å². The Morgan fingerprint density at radius 2 is 1.85 bits per heavy atom. The normalized spacial score (nSPS) is 27.3. The van der Waals surface area contributed by atoms with Crippen molar-refractivity contribution in [2.75, 3.05) is 20.8 Å². The molecule has 0 spiro atoms. The quantitative estimate of drug-likeness (QED) is 0.538. The summed E-state index contributed by atoms with van der Waals surface area (Å²) in [5.41, 5.74) is 1.48. The molecule has 2 amide bonds. The zero-order valence-electron chi connectivity index (χ0n) is 24.5. The fourth-order valence-electron chi connectivity index (χ4n) is 5.73. The third kappa shape index (κ3) is 6.49. The molecule has 222 valence electrons. The lowest BCUT2D eigenvalue weighted by atomic mass is 9.85. The van der Waals surface area contributed by atoms with Crippen LogP contribution >= 0.6 is 0 Å². The number of aromatic nitrogens is 2. The van der Waals surface area contributed by atoms with E-state index < -0.39 is 35.7 Å². The van der Waals surface area contributed by atoms with Crippen molar-refractivity contribution >= 4 is 29.0 Å². The molecule has 11 heteroatoms. The zero-order valence-corrected chi connectivity index (χ0v) is 24.5. The van der Waals surface area contributed by atoms with Crippen LogP contribution in [0.15, 0.2) is 18.2 Å². The average Bonchev–Trinajstić information content (AvgIpc) is 3.53. The molecular formula is C30H40N4O7. The lowest BCUT2D eigenvalue weighted by Crippen LogP contribution is -2.57. The molecule has 5 atom stereocenters. The number of carbonyl (C=O) groups excluding carboxylic acids is 3. The third-order valence-electron chi connectivity index (χ3n) is 8.18. The molecule has 2 aromatic rings. The molecule has 2 bridgehead atoms. The van der Waals surface area contributed by atoms with Crippen LogP contribution in [-0.2, 0) is 25.5 Å². The highest BCUT2D eigenvalue weighted by atomic mass is 16.6. The summed E-state index contributed by atoms with van der Waals surface area (Å²) in [5, 5.41) is 2.80. The molecule has 11 nitrogen and oxygen atoms in total. The molecule has 1 saturated carbocycles. The van der Waals surface area contributed by atoms with Crippen LogP contribution in [0, 0.1) is 11.3 Å². The summed E-state index contributed by atoms with van der Waals surface area (Å²) in [5.74, 6) is 0.458. The number of nitrogens with zero attached hydrogens (tertiary/aromatic N) is 3. The minimum absolute atomic E-state index is 0.129. The van der Waals surface area contributed by atoms with Crippen molar-refractivity contribution in [3.63, 3.8) is 0 Å². The molecule has 2 fully saturated rings. The highest BCUT2D eigenvalue weighted by Gasteiger charge is 2.47. The van der Waals surface area contributed by atoms with E-state index >= 15 is 0 Å². The molecule has 3 heterocycles. The maximum absolute atomic E-state index is 14.0. The molecule has 0 unspecified atom stereocenters. The second kappa shape index (κ2) is 11.7. The SMILES string of the molecule is COC(=O)[C@@H]1C[C@@H]2CN1C(=O)[C@H](C(C)(C)C)NC(=O)O[C@H]1C[C@@H]1CCCCCc1nc3ccc(OC)cc3nc1O2. The van der Waals surface area contributed by atoms with Crippen molar-refractivity contribution in [3.05, 3.63) is 23.9 Å². The number of benzene rings is 1. The maximum Gasteiger partial charge on any atom is 0.408 e. The summed E-state index contributed by atoms with van der Waals surface area (Å²) < 4.78 is 22.5. The van der Waals surface area contributed by atoms with Crippen LogP contribution in [0.25, 0.3) is 11.0 Å². The van der Waals surface area contributed by atoms with Gasteiger partial charge in [0.15, 0.2) is 0 Å². The van der Waals surface area contributed by atoms with Crippen LogP contribution in [0.1, 0.15) is 65.0 Å². The molecule has 5 rings (SSSR count). The number of carbonyl (C=O) groups is 3. The van der Waals surface area contributed by atoms with Gasteiger partial charge in [-0.25, -0.2) is 19.6 Å². The number of rotatable bonds is 2. The maximum atomic E-state index is 14.0. The molecule has 1 saturated heterocycles. The smallest absolute Gasteiger partial charge is 0.408 e. The topological polar surface area (TPSA) is 129 Å². The highest BCUT2D eigenvalue weighted by Crippen LogP contribution is 2.39. The number of ether oxygens (including phenoxy) is 4. The molecule has 1 aliphatic carbocycles. The van der Waals surface area contributed by atoms with Crippen LogP contribution in [0.4, 0.5) is 4.79 Å². The number of methoxy groups -OCH3 is 2. The van der Waals surface area contributed by atoms with E-state index in [-0.39, 0.29) is 25.0 Å². The second-order valence-electron chi connectivity index (χ2n) is 12.3. The van der Waals surface area contributed by atoms with Gasteiger partial charge in [-0.2, -0.15) is 0 Å². The Morgan fingerprint density at radius 1 is 1.05 bits per heavy atom. The van der Waals surface area contributed by atoms with Crippen molar-refractivity contribution in [3.8, 4) is 11.6 Å². The number of hydrogen-bond donors (Lipinski definition) is 1. The van der Waals surface area contributed by atoms with Gasteiger partial charge in [0.05, 0.1) is 31.8 Å². The number of nitrogens with one attached hydrogen (secondary N) is 1. The number of alkyl carbamates (subject to hydrolysis) is 1. The van der Waals surface area contributed by atoms with Gasteiger partial charge in [0, 0.05) is 12.5 Å². The first kappa shape index (κ1) is 28.9. The Balaban J connectivity index is 1.49. The lowest BCUT2D eigenvalue weighted by Gasteiger charge is -2.34. The van der Waals surface area contributed by atoms with E-state index in [9.17, 15) is 14.4 Å². The molecule has 3 aliphatic rings. The number of esters is 1. The minimum Gasteiger partial charge on any atom is -0.497 e. The van der Waals surface area contributed by atoms with Crippen molar-refractivity contribution in [1.82, 2.24) is 20.2 Å². The summed E-state index contributed by atoms with van der Waals surface area (Å²) in [4.78, 5) is 50.8. The van der Waals surface area contributed by atoms with Gasteiger partial charge in [0.1, 0.15) is 35.7 Å². The van der Waals surface area contributed by atoms with Gasteiger partial charge < -0.3 is 29.2 Å². The molecular weight excluding hydrogens is 528 g/mol. The number of fused-ring (bicyclic) bond motifs is 5. The van der Waals surface area contributed by atoms with Gasteiger partial charge >= 0.3 is 12.1 Å². The zero-order chi connectivity index (χ0) is 29.3. The Labute approximate surface area is 240 Å². The molecule has 1 aromatic heterocycles. The van der Waals surface area contributed by atoms with Gasteiger partial charge in [-0.1, -0.05) is 33.6 Å². The Hall–Kier alpha value is -3.63. The Morgan fingerprint density at radius 3 is 2.59 bits per heavy atom. The van der Waals surface area contributed by atoms with Gasteiger partial charge in [0.2, 0.25) is 11.8 Å². The molecule has 1 aromatic carbocycles. The largest absolute Gasteiger partial charge is 0.497 e. The van der Waals surface area contributed by atoms with Crippen LogP contribution in [0.2, 0.25) is 0 Å². The number of amides is 2. The monoisotopic (exact) mass is 568 g/mol. The van der Waals surface area contributed by atoms with Crippen molar-refractivity contribution in [1.29, 1.82) is 0 Å². The van der Waals surface area contributed by atoms with Crippen molar-refractivity contribution < 1.29 is 33.3 Å². The van der Waals surface area contributed by atoms with E-state index in [1.807, 2.05) is 39.0 Å². The van der Waals surface area contributed by atoms with Crippen LogP contribution in [0.5, 0.6) is 11.6 Å². The molecule has 2 aliphatic heterocycles. The van der Waals surface area contributed by atoms with Crippen molar-refractivity contribution in [2.45, 2.75) is 90.0 Å². The van der Waals surface area contributed by atoms with Crippen LogP contribution < -0.4 is 14.8 Å². The van der Waals surface area contributed by atoms with Gasteiger partial charge in [-0.05, 0) is 49.1 Å². The average molecular weight is 569 g/mol. The van der Waals surface area contributed by atoms with E-state index in [0.717, 1.165) is 43.3 Å². The molecule has 0 radical (unpaired) electrons. The fraction of sp³-hybridized carbons (Fsp3) is 0.633. The number of aryl methyl sites for hydroxylation is 1. The van der Waals surface area contributed by atoms with Gasteiger partial charge in [-0.15, -0.1) is 0 Å². The van der Waals surface area contributed by atoms with E-state index in [1.165, 1.54) is 12.0 Å². The van der Waals surface area contributed by atoms with Crippen LogP contribution in [0.3, 0.4) is 0 Å². The predicted octanol–water partition coefficient (Wildman–Crippen LogP) is 3.81. The van der Waals surface area contributed by atoms with E-state index in [2.05, 4.69) is 5.32 Å². The lowest BCUT2D eigenvalue weighted by molar-refractivity contribution is -0.152. The van der Waals surface area contributed by atoms with E-state index in [1.54, 1.807) is 7.11 Å². The molecule has 1 N–H and O–H groups in total. The minimum atomic E-state index is -0.916. The Kier molecular flexibility index (Phi) is 8.24. The van der Waals surface area contributed by atoms with E-state index in [0.29, 0.717) is 29.5 Å². The predicted molar refractivity (Wildman–Crippen MR) is 150 cm³/mol. The Bertz CT molecular complexity index is 1310. The third-order valence-corrected chi connectivity index (χ3v) is 8.18. The second-order valence-corrected chi connectivity index (χ2v) is 12.3. The fourth-order valence-corrected chi connectivity index (χ4v) is 5.73. The molecule has 41 heavy (non-hydrogen) atoms. The highest BCUT2D eigenvalue weighted by molar-refractivity contribution is 5.91. The summed E-state index contributed by atoms with van der Waals surface area (Å²) in [6.07, 6.45) is 4.35. The number of hydrogen-bond acceptors (Lipinski definition) is 9. The summed E-state index contributed by atoms with van der Waals surface area (Å²) in [6.45, 7) is 5.72. The summed E-state index contributed by atoms with van der Waals surface area (Å²) in [7, 11) is 2.89. The van der Waals surface area contributed by atoms with Gasteiger partial charge in [-0.3, -0.25) is 4.79 Å². The summed E-state index contributed by atoms with van der Waals surface area (Å²) >= 11 is 0.